The minimum Gasteiger partial charge on any atom is -0.314 e. The third-order valence-corrected chi connectivity index (χ3v) is 11.7. The topological polar surface area (TPSA) is 3.24 Å². The van der Waals surface area contributed by atoms with Crippen LogP contribution < -0.4 is 15.3 Å². The predicted octanol–water partition coefficient (Wildman–Crippen LogP) is 13.1. The Balaban J connectivity index is 1.23. The first-order chi connectivity index (χ1) is 27.3. The molecular formula is C54H43N. The van der Waals surface area contributed by atoms with Gasteiger partial charge in [0.05, 0.1) is 0 Å². The second kappa shape index (κ2) is 14.4. The molecule has 1 nitrogen and oxygen atoms in total. The van der Waals surface area contributed by atoms with Crippen molar-refractivity contribution in [3.8, 4) is 33.4 Å². The number of nitrogens with zero attached hydrogens (tertiary/aromatic N) is 1. The molecule has 0 aliphatic heterocycles. The molecule has 0 spiro atoms. The van der Waals surface area contributed by atoms with Crippen LogP contribution in [-0.4, -0.2) is 0 Å². The van der Waals surface area contributed by atoms with Gasteiger partial charge in [0.1, 0.15) is 0 Å². The quantitative estimate of drug-likeness (QED) is 0.160. The fourth-order valence-electron chi connectivity index (χ4n) is 9.05. The molecule has 0 aromatic heterocycles. The van der Waals surface area contributed by atoms with E-state index in [-0.39, 0.29) is 0 Å². The molecule has 264 valence electrons. The Labute approximate surface area is 324 Å². The molecule has 0 radical (unpaired) electrons. The molecule has 0 amide bonds. The number of hydrogen-bond donors (Lipinski definition) is 0. The molecule has 0 heterocycles. The molecule has 0 bridgehead atoms. The molecule has 0 unspecified atom stereocenters. The number of allylic oxidation sites excluding steroid dienone is 5. The summed E-state index contributed by atoms with van der Waals surface area (Å²) in [5.74, 6) is 0. The van der Waals surface area contributed by atoms with Gasteiger partial charge in [-0.2, -0.15) is 0 Å². The molecule has 1 heteroatoms. The molecule has 0 fully saturated rings. The van der Waals surface area contributed by atoms with Gasteiger partial charge in [-0.1, -0.05) is 164 Å². The van der Waals surface area contributed by atoms with Crippen LogP contribution in [0.5, 0.6) is 0 Å². The Morgan fingerprint density at radius 2 is 1.20 bits per heavy atom. The molecular weight excluding hydrogens is 663 g/mol. The zero-order chi connectivity index (χ0) is 36.6. The highest BCUT2D eigenvalue weighted by atomic mass is 15.1. The van der Waals surface area contributed by atoms with Gasteiger partial charge in [-0.3, -0.25) is 0 Å². The van der Waals surface area contributed by atoms with E-state index in [0.717, 1.165) is 38.5 Å². The maximum atomic E-state index is 2.57. The van der Waals surface area contributed by atoms with Crippen molar-refractivity contribution in [3.63, 3.8) is 0 Å². The van der Waals surface area contributed by atoms with Gasteiger partial charge in [0.15, 0.2) is 0 Å². The Bertz CT molecular complexity index is 2810. The molecule has 0 N–H and O–H groups in total. The van der Waals surface area contributed by atoms with Crippen LogP contribution in [0.15, 0.2) is 176 Å². The molecule has 3 aliphatic carbocycles. The highest BCUT2D eigenvalue weighted by Crippen LogP contribution is 2.44. The van der Waals surface area contributed by atoms with Gasteiger partial charge in [0.2, 0.25) is 0 Å². The fourth-order valence-corrected chi connectivity index (χ4v) is 9.05. The number of rotatable bonds is 7. The van der Waals surface area contributed by atoms with Crippen molar-refractivity contribution in [2.75, 3.05) is 4.90 Å². The van der Waals surface area contributed by atoms with Gasteiger partial charge in [-0.05, 0) is 134 Å². The number of anilines is 2. The van der Waals surface area contributed by atoms with E-state index >= 15 is 0 Å². The number of hydrogen-bond acceptors (Lipinski definition) is 1. The third-order valence-electron chi connectivity index (χ3n) is 11.7. The summed E-state index contributed by atoms with van der Waals surface area (Å²) in [7, 11) is 0. The van der Waals surface area contributed by atoms with Crippen molar-refractivity contribution in [2.24, 2.45) is 0 Å². The van der Waals surface area contributed by atoms with Crippen LogP contribution >= 0.6 is 0 Å². The third kappa shape index (κ3) is 6.16. The minimum absolute atomic E-state index is 0.961. The Hall–Kier alpha value is -6.44. The lowest BCUT2D eigenvalue weighted by atomic mass is 9.85. The summed E-state index contributed by atoms with van der Waals surface area (Å²) in [6, 6.07) is 56.6. The summed E-state index contributed by atoms with van der Waals surface area (Å²) < 4.78 is 0. The molecule has 55 heavy (non-hydrogen) atoms. The van der Waals surface area contributed by atoms with Crippen molar-refractivity contribution in [1.29, 1.82) is 0 Å². The second-order valence-electron chi connectivity index (χ2n) is 14.9. The maximum Gasteiger partial charge on any atom is 0.0465 e. The summed E-state index contributed by atoms with van der Waals surface area (Å²) in [4.78, 5) is 2.57. The highest BCUT2D eigenvalue weighted by Gasteiger charge is 2.23. The van der Waals surface area contributed by atoms with Gasteiger partial charge in [0.25, 0.3) is 0 Å². The standard InChI is InChI=1S/C54H43N/c1-3-16-41(17-4-1)52-36-43(32-34-50(52)48-29-13-23-38-20-7-10-26-45(38)48)55(54-31-15-25-40-22-9-12-28-47(40)54)44-33-35-51(53(37-44)42-18-5-2-6-19-42)49-30-14-24-39-21-8-11-27-46(39)49/h1-5,7,9-14,16-18,20,22-30,32-37H,6,8,15,19,21,31H2. The van der Waals surface area contributed by atoms with Crippen LogP contribution in [0.3, 0.4) is 0 Å². The molecule has 10 rings (SSSR count). The molecule has 0 saturated carbocycles. The van der Waals surface area contributed by atoms with Crippen LogP contribution in [0, 0.1) is 0 Å². The Morgan fingerprint density at radius 1 is 0.473 bits per heavy atom. The predicted molar refractivity (Wildman–Crippen MR) is 235 cm³/mol. The number of fused-ring (bicyclic) bond motifs is 3. The monoisotopic (exact) mass is 705 g/mol. The molecule has 3 aliphatic rings. The van der Waals surface area contributed by atoms with Gasteiger partial charge in [0, 0.05) is 22.3 Å². The first-order valence-corrected chi connectivity index (χ1v) is 19.9. The highest BCUT2D eigenvalue weighted by molar-refractivity contribution is 6.02. The first-order valence-electron chi connectivity index (χ1n) is 19.9. The zero-order valence-electron chi connectivity index (χ0n) is 31.1. The van der Waals surface area contributed by atoms with Crippen molar-refractivity contribution in [3.05, 3.63) is 203 Å². The van der Waals surface area contributed by atoms with E-state index in [4.69, 9.17) is 0 Å². The van der Waals surface area contributed by atoms with Crippen LogP contribution in [-0.2, 0) is 6.42 Å². The largest absolute Gasteiger partial charge is 0.314 e. The van der Waals surface area contributed by atoms with Crippen LogP contribution in [0.4, 0.5) is 11.4 Å². The van der Waals surface area contributed by atoms with E-state index in [1.807, 2.05) is 0 Å². The summed E-state index contributed by atoms with van der Waals surface area (Å²) in [6.45, 7) is 0. The Kier molecular flexibility index (Phi) is 8.69. The van der Waals surface area contributed by atoms with Gasteiger partial charge < -0.3 is 4.90 Å². The van der Waals surface area contributed by atoms with Gasteiger partial charge in [-0.25, -0.2) is 0 Å². The number of benzene rings is 7. The van der Waals surface area contributed by atoms with Crippen molar-refractivity contribution < 1.29 is 0 Å². The maximum absolute atomic E-state index is 2.57. The summed E-state index contributed by atoms with van der Waals surface area (Å²) in [6.07, 6.45) is 20.2. The average molecular weight is 706 g/mol. The van der Waals surface area contributed by atoms with Crippen molar-refractivity contribution in [1.82, 2.24) is 0 Å². The lowest BCUT2D eigenvalue weighted by Crippen LogP contribution is -2.35. The van der Waals surface area contributed by atoms with E-state index in [1.54, 1.807) is 0 Å². The minimum atomic E-state index is 0.961. The molecule has 0 saturated heterocycles. The van der Waals surface area contributed by atoms with Crippen molar-refractivity contribution in [2.45, 2.75) is 38.5 Å². The lowest BCUT2D eigenvalue weighted by molar-refractivity contribution is 0.986. The van der Waals surface area contributed by atoms with Crippen LogP contribution in [0.1, 0.15) is 48.8 Å². The summed E-state index contributed by atoms with van der Waals surface area (Å²) in [5.41, 5.74) is 16.8. The van der Waals surface area contributed by atoms with Gasteiger partial charge >= 0.3 is 0 Å². The summed E-state index contributed by atoms with van der Waals surface area (Å²) in [5, 5.41) is 5.14. The second-order valence-corrected chi connectivity index (χ2v) is 14.9. The van der Waals surface area contributed by atoms with E-state index < -0.39 is 0 Å². The van der Waals surface area contributed by atoms with Crippen molar-refractivity contribution >= 4 is 45.6 Å². The van der Waals surface area contributed by atoms with E-state index in [9.17, 15) is 0 Å². The fraction of sp³-hybridized carbons (Fsp3) is 0.111. The van der Waals surface area contributed by atoms with E-state index in [0.29, 0.717) is 0 Å². The first kappa shape index (κ1) is 33.2. The van der Waals surface area contributed by atoms with Crippen LogP contribution in [0.25, 0.3) is 67.6 Å². The SMILES string of the molecule is C1=CCCC(c2cc(N(C3=c4ccccc4=CCC3)c3ccc(-c4cccc5ccccc45)c(-c4ccccc4)c3)ccc2-c2cccc3c2C=CCC3)=C1. The van der Waals surface area contributed by atoms with Crippen LogP contribution in [0.2, 0.25) is 0 Å². The molecule has 0 atom stereocenters. The Morgan fingerprint density at radius 3 is 2.07 bits per heavy atom. The normalized spacial score (nSPS) is 14.5. The molecule has 7 aromatic carbocycles. The lowest BCUT2D eigenvalue weighted by Gasteiger charge is -2.31. The van der Waals surface area contributed by atoms with E-state index in [2.05, 4.69) is 193 Å². The van der Waals surface area contributed by atoms with Gasteiger partial charge in [-0.15, -0.1) is 0 Å². The van der Waals surface area contributed by atoms with E-state index in [1.165, 1.54) is 93.9 Å². The zero-order valence-corrected chi connectivity index (χ0v) is 31.1. The molecule has 7 aromatic rings. The summed E-state index contributed by atoms with van der Waals surface area (Å²) >= 11 is 0. The number of aryl methyl sites for hydroxylation is 1. The smallest absolute Gasteiger partial charge is 0.0465 e. The average Bonchev–Trinajstić information content (AvgIpc) is 3.27.